The van der Waals surface area contributed by atoms with Crippen molar-refractivity contribution in [3.8, 4) is 0 Å². The molecular formula is C10H11Br2NO2S. The van der Waals surface area contributed by atoms with E-state index in [0.29, 0.717) is 6.42 Å². The highest BCUT2D eigenvalue weighted by molar-refractivity contribution is 9.12. The van der Waals surface area contributed by atoms with Gasteiger partial charge in [-0.3, -0.25) is 4.79 Å². The van der Waals surface area contributed by atoms with Crippen molar-refractivity contribution in [2.45, 2.75) is 17.7 Å². The van der Waals surface area contributed by atoms with Gasteiger partial charge < -0.3 is 10.5 Å². The lowest BCUT2D eigenvalue weighted by molar-refractivity contribution is -0.111. The van der Waals surface area contributed by atoms with Gasteiger partial charge in [0.15, 0.2) is 0 Å². The average Bonchev–Trinajstić information content (AvgIpc) is 2.16. The second kappa shape index (κ2) is 5.93. The van der Waals surface area contributed by atoms with Crippen LogP contribution in [0.25, 0.3) is 0 Å². The molecule has 0 saturated heterocycles. The van der Waals surface area contributed by atoms with E-state index in [4.69, 9.17) is 22.7 Å². The zero-order valence-electron chi connectivity index (χ0n) is 8.63. The van der Waals surface area contributed by atoms with Crippen molar-refractivity contribution < 1.29 is 9.53 Å². The molecule has 3 nitrogen and oxygen atoms in total. The van der Waals surface area contributed by atoms with E-state index in [1.165, 1.54) is 0 Å². The number of hydrogen-bond acceptors (Lipinski definition) is 3. The lowest BCUT2D eigenvalue weighted by Crippen LogP contribution is -2.23. The SMILES string of the molecule is COC1=C(Br)C=C(CC(=S)C(N)=O)CC1Br. The minimum absolute atomic E-state index is 0.0996. The van der Waals surface area contributed by atoms with Gasteiger partial charge in [0.2, 0.25) is 0 Å². The van der Waals surface area contributed by atoms with Crippen molar-refractivity contribution in [2.24, 2.45) is 5.73 Å². The summed E-state index contributed by atoms with van der Waals surface area (Å²) in [7, 11) is 1.62. The van der Waals surface area contributed by atoms with Crippen LogP contribution in [0.3, 0.4) is 0 Å². The van der Waals surface area contributed by atoms with E-state index in [9.17, 15) is 4.79 Å². The van der Waals surface area contributed by atoms with Crippen molar-refractivity contribution in [1.29, 1.82) is 0 Å². The molecule has 1 unspecified atom stereocenters. The molecule has 1 aliphatic rings. The van der Waals surface area contributed by atoms with Crippen LogP contribution in [0.2, 0.25) is 0 Å². The molecule has 16 heavy (non-hydrogen) atoms. The third-order valence-electron chi connectivity index (χ3n) is 2.17. The maximum absolute atomic E-state index is 10.9. The Labute approximate surface area is 116 Å². The van der Waals surface area contributed by atoms with Crippen molar-refractivity contribution >= 4 is 54.8 Å². The number of rotatable bonds is 4. The number of amides is 1. The molecule has 0 spiro atoms. The van der Waals surface area contributed by atoms with Crippen LogP contribution in [0.5, 0.6) is 0 Å². The van der Waals surface area contributed by atoms with Crippen molar-refractivity contribution in [1.82, 2.24) is 0 Å². The highest BCUT2D eigenvalue weighted by Gasteiger charge is 2.22. The minimum Gasteiger partial charge on any atom is -0.499 e. The summed E-state index contributed by atoms with van der Waals surface area (Å²) in [6.07, 6.45) is 3.11. The van der Waals surface area contributed by atoms with Gasteiger partial charge in [0.1, 0.15) is 5.76 Å². The number of primary amides is 1. The quantitative estimate of drug-likeness (QED) is 0.612. The molecule has 88 valence electrons. The van der Waals surface area contributed by atoms with Gasteiger partial charge in [0.25, 0.3) is 5.91 Å². The average molecular weight is 369 g/mol. The zero-order chi connectivity index (χ0) is 12.3. The summed E-state index contributed by atoms with van der Waals surface area (Å²) >= 11 is 11.8. The van der Waals surface area contributed by atoms with Gasteiger partial charge in [-0.1, -0.05) is 33.7 Å². The standard InChI is InChI=1S/C10H11Br2NO2S/c1-15-9-6(11)2-5(3-7(9)12)4-8(16)10(13)14/h2,7H,3-4H2,1H3,(H2,13,14). The Kier molecular flexibility index (Phi) is 5.14. The maximum Gasteiger partial charge on any atom is 0.255 e. The third kappa shape index (κ3) is 3.40. The summed E-state index contributed by atoms with van der Waals surface area (Å²) in [6, 6.07) is 0. The Morgan fingerprint density at radius 1 is 1.75 bits per heavy atom. The van der Waals surface area contributed by atoms with Crippen LogP contribution >= 0.6 is 44.1 Å². The van der Waals surface area contributed by atoms with Crippen molar-refractivity contribution in [3.63, 3.8) is 0 Å². The molecule has 0 aromatic rings. The maximum atomic E-state index is 10.9. The Bertz CT molecular complexity index is 390. The molecule has 1 aliphatic carbocycles. The summed E-state index contributed by atoms with van der Waals surface area (Å²) in [5.74, 6) is 0.313. The van der Waals surface area contributed by atoms with E-state index in [1.54, 1.807) is 7.11 Å². The minimum atomic E-state index is -0.528. The molecule has 1 atom stereocenters. The largest absolute Gasteiger partial charge is 0.499 e. The highest BCUT2D eigenvalue weighted by atomic mass is 79.9. The molecule has 0 aliphatic heterocycles. The number of thiocarbonyl (C=S) groups is 1. The van der Waals surface area contributed by atoms with Gasteiger partial charge in [0.05, 0.1) is 21.3 Å². The summed E-state index contributed by atoms with van der Waals surface area (Å²) in [4.78, 5) is 11.2. The van der Waals surface area contributed by atoms with E-state index >= 15 is 0 Å². The van der Waals surface area contributed by atoms with Crippen LogP contribution in [-0.4, -0.2) is 22.7 Å². The number of methoxy groups -OCH3 is 1. The topological polar surface area (TPSA) is 52.3 Å². The van der Waals surface area contributed by atoms with Gasteiger partial charge in [0, 0.05) is 6.42 Å². The first-order chi connectivity index (χ1) is 7.45. The zero-order valence-corrected chi connectivity index (χ0v) is 12.6. The molecule has 0 bridgehead atoms. The monoisotopic (exact) mass is 367 g/mol. The van der Waals surface area contributed by atoms with Gasteiger partial charge in [-0.25, -0.2) is 0 Å². The van der Waals surface area contributed by atoms with E-state index in [-0.39, 0.29) is 9.69 Å². The van der Waals surface area contributed by atoms with Gasteiger partial charge in [-0.05, 0) is 28.4 Å². The van der Waals surface area contributed by atoms with Crippen LogP contribution in [-0.2, 0) is 9.53 Å². The Balaban J connectivity index is 2.82. The summed E-state index contributed by atoms with van der Waals surface area (Å²) < 4.78 is 6.10. The third-order valence-corrected chi connectivity index (χ3v) is 3.88. The Morgan fingerprint density at radius 3 is 2.81 bits per heavy atom. The summed E-state index contributed by atoms with van der Waals surface area (Å²) in [5, 5.41) is 0. The van der Waals surface area contributed by atoms with Crippen LogP contribution in [0.1, 0.15) is 12.8 Å². The predicted octanol–water partition coefficient (Wildman–Crippen LogP) is 2.58. The summed E-state index contributed by atoms with van der Waals surface area (Å²) in [5.41, 5.74) is 6.16. The molecular weight excluding hydrogens is 358 g/mol. The van der Waals surface area contributed by atoms with E-state index in [2.05, 4.69) is 31.9 Å². The summed E-state index contributed by atoms with van der Waals surface area (Å²) in [6.45, 7) is 0. The van der Waals surface area contributed by atoms with E-state index in [1.807, 2.05) is 6.08 Å². The van der Waals surface area contributed by atoms with Crippen LogP contribution in [0.15, 0.2) is 21.9 Å². The number of allylic oxidation sites excluding steroid dienone is 4. The molecule has 1 rings (SSSR count). The number of halogens is 2. The number of carbonyl (C=O) groups excluding carboxylic acids is 1. The molecule has 1 amide bonds. The number of carbonyl (C=O) groups is 1. The molecule has 0 saturated carbocycles. The Morgan fingerprint density at radius 2 is 2.38 bits per heavy atom. The molecule has 0 fully saturated rings. The molecule has 0 heterocycles. The normalized spacial score (nSPS) is 20.4. The first-order valence-corrected chi connectivity index (χ1v) is 6.67. The number of alkyl halides is 1. The first-order valence-electron chi connectivity index (χ1n) is 4.55. The van der Waals surface area contributed by atoms with Crippen molar-refractivity contribution in [2.75, 3.05) is 7.11 Å². The lowest BCUT2D eigenvalue weighted by atomic mass is 9.99. The van der Waals surface area contributed by atoms with Crippen LogP contribution < -0.4 is 5.73 Å². The second-order valence-corrected chi connectivity index (χ2v) is 5.81. The van der Waals surface area contributed by atoms with Crippen molar-refractivity contribution in [3.05, 3.63) is 21.9 Å². The number of hydrogen-bond donors (Lipinski definition) is 1. The molecule has 0 radical (unpaired) electrons. The van der Waals surface area contributed by atoms with E-state index in [0.717, 1.165) is 22.2 Å². The van der Waals surface area contributed by atoms with Gasteiger partial charge >= 0.3 is 0 Å². The Hall–Kier alpha value is -0.200. The number of ether oxygens (including phenoxy) is 1. The highest BCUT2D eigenvalue weighted by Crippen LogP contribution is 2.34. The van der Waals surface area contributed by atoms with Crippen LogP contribution in [0, 0.1) is 0 Å². The fourth-order valence-electron chi connectivity index (χ4n) is 1.42. The lowest BCUT2D eigenvalue weighted by Gasteiger charge is -2.21. The molecule has 0 aromatic carbocycles. The second-order valence-electron chi connectivity index (χ2n) is 3.35. The van der Waals surface area contributed by atoms with E-state index < -0.39 is 5.91 Å². The van der Waals surface area contributed by atoms with Gasteiger partial charge in [-0.2, -0.15) is 0 Å². The van der Waals surface area contributed by atoms with Crippen LogP contribution in [0.4, 0.5) is 0 Å². The fourth-order valence-corrected chi connectivity index (χ4v) is 3.53. The molecule has 6 heteroatoms. The number of nitrogens with two attached hydrogens (primary N) is 1. The molecule has 2 N–H and O–H groups in total. The van der Waals surface area contributed by atoms with Gasteiger partial charge in [-0.15, -0.1) is 0 Å². The smallest absolute Gasteiger partial charge is 0.255 e. The molecule has 0 aromatic heterocycles. The fraction of sp³-hybridized carbons (Fsp3) is 0.400. The first kappa shape index (κ1) is 13.9. The predicted molar refractivity (Wildman–Crippen MR) is 74.8 cm³/mol.